The van der Waals surface area contributed by atoms with Crippen LogP contribution in [0.5, 0.6) is 0 Å². The van der Waals surface area contributed by atoms with Crippen molar-refractivity contribution in [2.75, 3.05) is 13.1 Å². The number of carbonyl (C=O) groups is 1. The van der Waals surface area contributed by atoms with Crippen LogP contribution in [0.4, 0.5) is 13.2 Å². The second kappa shape index (κ2) is 6.27. The number of hydrogen-bond donors (Lipinski definition) is 1. The maximum absolute atomic E-state index is 13.3. The molecule has 1 saturated heterocycles. The zero-order valence-corrected chi connectivity index (χ0v) is 12.9. The maximum Gasteiger partial charge on any atom is 0.416 e. The van der Waals surface area contributed by atoms with Crippen LogP contribution >= 0.6 is 0 Å². The third-order valence-electron chi connectivity index (χ3n) is 3.88. The first-order valence-corrected chi connectivity index (χ1v) is 7.45. The average molecular weight is 339 g/mol. The number of piperazine rings is 1. The highest BCUT2D eigenvalue weighted by molar-refractivity contribution is 5.84. The number of nitrogens with zero attached hydrogens (tertiary/aromatic N) is 2. The Morgan fingerprint density at radius 2 is 2.12 bits per heavy atom. The molecule has 2 heterocycles. The van der Waals surface area contributed by atoms with Crippen LogP contribution in [0.1, 0.15) is 28.8 Å². The molecule has 8 heteroatoms. The summed E-state index contributed by atoms with van der Waals surface area (Å²) in [7, 11) is 0. The van der Waals surface area contributed by atoms with Gasteiger partial charge in [0.25, 0.3) is 0 Å². The molecule has 0 aliphatic carbocycles. The third-order valence-corrected chi connectivity index (χ3v) is 3.88. The quantitative estimate of drug-likeness (QED) is 0.934. The third kappa shape index (κ3) is 3.28. The van der Waals surface area contributed by atoms with Gasteiger partial charge < -0.3 is 9.73 Å². The molecule has 0 saturated carbocycles. The first-order valence-electron chi connectivity index (χ1n) is 7.45. The van der Waals surface area contributed by atoms with Gasteiger partial charge in [-0.15, -0.1) is 0 Å². The number of alkyl halides is 3. The van der Waals surface area contributed by atoms with Crippen LogP contribution in [0.3, 0.4) is 0 Å². The molecule has 128 valence electrons. The number of rotatable bonds is 3. The molecule has 1 fully saturated rings. The highest BCUT2D eigenvalue weighted by atomic mass is 19.4. The minimum absolute atomic E-state index is 0.0644. The highest BCUT2D eigenvalue weighted by Crippen LogP contribution is 2.37. The first-order chi connectivity index (χ1) is 11.4. The molecular formula is C16H16F3N3O2. The maximum atomic E-state index is 13.3. The molecule has 1 aromatic carbocycles. The van der Waals surface area contributed by atoms with E-state index in [1.807, 2.05) is 0 Å². The van der Waals surface area contributed by atoms with E-state index in [0.717, 1.165) is 6.07 Å². The first kappa shape index (κ1) is 16.5. The van der Waals surface area contributed by atoms with Crippen molar-refractivity contribution < 1.29 is 22.4 Å². The van der Waals surface area contributed by atoms with Gasteiger partial charge in [0.1, 0.15) is 11.8 Å². The molecule has 1 aliphatic rings. The van der Waals surface area contributed by atoms with E-state index in [-0.39, 0.29) is 12.1 Å². The number of amides is 1. The van der Waals surface area contributed by atoms with Crippen LogP contribution in [-0.4, -0.2) is 28.9 Å². The topological polar surface area (TPSA) is 58.4 Å². The number of halogens is 3. The number of nitrogens with one attached hydrogen (secondary N) is 1. The van der Waals surface area contributed by atoms with Gasteiger partial charge in [0.15, 0.2) is 0 Å². The summed E-state index contributed by atoms with van der Waals surface area (Å²) in [5.74, 6) is 0.525. The average Bonchev–Trinajstić information content (AvgIpc) is 2.92. The standard InChI is InChI=1S/C16H16F3N3O2/c1-10-8-21-13(24-10)9-22-7-6-20-15(23)14(22)11-4-2-3-5-12(11)16(17,18)19/h2-5,8,14H,6-7,9H2,1H3,(H,20,23)/t14-/m1/s1. The molecule has 1 N–H and O–H groups in total. The van der Waals surface area contributed by atoms with E-state index in [1.165, 1.54) is 24.4 Å². The van der Waals surface area contributed by atoms with Crippen molar-refractivity contribution in [2.45, 2.75) is 25.7 Å². The summed E-state index contributed by atoms with van der Waals surface area (Å²) in [6, 6.07) is 4.11. The number of aromatic nitrogens is 1. The van der Waals surface area contributed by atoms with Gasteiger partial charge >= 0.3 is 6.18 Å². The summed E-state index contributed by atoms with van der Waals surface area (Å²) in [5, 5.41) is 2.63. The normalized spacial score (nSPS) is 19.3. The van der Waals surface area contributed by atoms with Crippen molar-refractivity contribution >= 4 is 5.91 Å². The Kier molecular flexibility index (Phi) is 4.31. The SMILES string of the molecule is Cc1cnc(CN2CCNC(=O)[C@H]2c2ccccc2C(F)(F)F)o1. The fourth-order valence-corrected chi connectivity index (χ4v) is 2.86. The largest absolute Gasteiger partial charge is 0.445 e. The fourth-order valence-electron chi connectivity index (χ4n) is 2.86. The van der Waals surface area contributed by atoms with Crippen molar-refractivity contribution in [2.24, 2.45) is 0 Å². The van der Waals surface area contributed by atoms with Crippen LogP contribution in [0.2, 0.25) is 0 Å². The van der Waals surface area contributed by atoms with Gasteiger partial charge in [-0.2, -0.15) is 13.2 Å². The smallest absolute Gasteiger partial charge is 0.416 e. The van der Waals surface area contributed by atoms with Gasteiger partial charge in [-0.3, -0.25) is 9.69 Å². The summed E-state index contributed by atoms with van der Waals surface area (Å²) in [5.41, 5.74) is -0.869. The Morgan fingerprint density at radius 3 is 2.79 bits per heavy atom. The number of carbonyl (C=O) groups excluding carboxylic acids is 1. The van der Waals surface area contributed by atoms with Crippen LogP contribution in [0.25, 0.3) is 0 Å². The Hall–Kier alpha value is -2.35. The molecule has 1 aliphatic heterocycles. The minimum Gasteiger partial charge on any atom is -0.445 e. The molecule has 1 amide bonds. The van der Waals surface area contributed by atoms with Crippen LogP contribution in [0.15, 0.2) is 34.9 Å². The van der Waals surface area contributed by atoms with Crippen LogP contribution < -0.4 is 5.32 Å². The molecular weight excluding hydrogens is 323 g/mol. The summed E-state index contributed by atoms with van der Waals surface area (Å²) < 4.78 is 45.3. The Bertz CT molecular complexity index is 742. The zero-order valence-electron chi connectivity index (χ0n) is 12.9. The van der Waals surface area contributed by atoms with Crippen molar-refractivity contribution in [3.63, 3.8) is 0 Å². The Morgan fingerprint density at radius 1 is 1.38 bits per heavy atom. The lowest BCUT2D eigenvalue weighted by Gasteiger charge is -2.35. The van der Waals surface area contributed by atoms with E-state index >= 15 is 0 Å². The lowest BCUT2D eigenvalue weighted by Crippen LogP contribution is -2.50. The molecule has 0 spiro atoms. The number of oxazole rings is 1. The van der Waals surface area contributed by atoms with Gasteiger partial charge in [-0.05, 0) is 18.6 Å². The molecule has 1 aromatic heterocycles. The van der Waals surface area contributed by atoms with E-state index in [0.29, 0.717) is 24.7 Å². The summed E-state index contributed by atoms with van der Waals surface area (Å²) in [6.07, 6.45) is -2.99. The van der Waals surface area contributed by atoms with Gasteiger partial charge in [-0.25, -0.2) is 4.98 Å². The lowest BCUT2D eigenvalue weighted by molar-refractivity contribution is -0.140. The van der Waals surface area contributed by atoms with Crippen LogP contribution in [-0.2, 0) is 17.5 Å². The molecule has 3 rings (SSSR count). The molecule has 2 aromatic rings. The molecule has 1 atom stereocenters. The number of benzene rings is 1. The van der Waals surface area contributed by atoms with Gasteiger partial charge in [-0.1, -0.05) is 18.2 Å². The molecule has 0 radical (unpaired) electrons. The van der Waals surface area contributed by atoms with Gasteiger partial charge in [0, 0.05) is 13.1 Å². The highest BCUT2D eigenvalue weighted by Gasteiger charge is 2.40. The Balaban J connectivity index is 1.97. The van der Waals surface area contributed by atoms with E-state index in [4.69, 9.17) is 4.42 Å². The van der Waals surface area contributed by atoms with Gasteiger partial charge in [0.2, 0.25) is 11.8 Å². The fraction of sp³-hybridized carbons (Fsp3) is 0.375. The van der Waals surface area contributed by atoms with E-state index in [9.17, 15) is 18.0 Å². The minimum atomic E-state index is -4.53. The summed E-state index contributed by atoms with van der Waals surface area (Å²) in [6.45, 7) is 2.67. The molecule has 24 heavy (non-hydrogen) atoms. The van der Waals surface area contributed by atoms with E-state index in [1.54, 1.807) is 11.8 Å². The summed E-state index contributed by atoms with van der Waals surface area (Å²) in [4.78, 5) is 18.0. The van der Waals surface area contributed by atoms with Crippen molar-refractivity contribution in [1.29, 1.82) is 0 Å². The number of aryl methyl sites for hydroxylation is 1. The van der Waals surface area contributed by atoms with Crippen molar-refractivity contribution in [3.05, 3.63) is 53.2 Å². The number of hydrogen-bond acceptors (Lipinski definition) is 4. The Labute approximate surface area is 136 Å². The summed E-state index contributed by atoms with van der Waals surface area (Å²) >= 11 is 0. The van der Waals surface area contributed by atoms with Gasteiger partial charge in [0.05, 0.1) is 18.3 Å². The second-order valence-electron chi connectivity index (χ2n) is 5.61. The zero-order chi connectivity index (χ0) is 17.3. The molecule has 0 bridgehead atoms. The van der Waals surface area contributed by atoms with E-state index in [2.05, 4.69) is 10.3 Å². The molecule has 5 nitrogen and oxygen atoms in total. The van der Waals surface area contributed by atoms with Crippen molar-refractivity contribution in [1.82, 2.24) is 15.2 Å². The van der Waals surface area contributed by atoms with E-state index < -0.39 is 23.7 Å². The predicted molar refractivity (Wildman–Crippen MR) is 78.8 cm³/mol. The van der Waals surface area contributed by atoms with Crippen LogP contribution in [0, 0.1) is 6.92 Å². The van der Waals surface area contributed by atoms with Crippen molar-refractivity contribution in [3.8, 4) is 0 Å². The molecule has 0 unspecified atom stereocenters. The predicted octanol–water partition coefficient (Wildman–Crippen LogP) is 2.67. The second-order valence-corrected chi connectivity index (χ2v) is 5.61. The lowest BCUT2D eigenvalue weighted by atomic mass is 9.96. The monoisotopic (exact) mass is 339 g/mol.